The standard InChI is InChI=1S/C63H63N3O/c1-39-31-41(3)59(67)54(32-39)60-65-58-51(46-34-47(36-50(35-46)63(10,11)12)55-37-45(29-30-64-55)42-21-25-48(26-22-42)61(4,5)6)19-16-20-56(58)66(60)57-33-40(2)52(43-17-14-13-15-18-43)38-53(57)44-23-27-49(28-24-44)62(7,8)9/h13-38,67H,1-12H3/i4D3,5D3,6D3. The average molecular weight is 887 g/mol. The third-order valence-corrected chi connectivity index (χ3v) is 12.9. The molecule has 336 valence electrons. The summed E-state index contributed by atoms with van der Waals surface area (Å²) in [4.78, 5) is 10.4. The SMILES string of the molecule is [2H]C([2H])([2H])C(c1ccc(-c2ccnc(-c3cc(-c4cccc5c4nc(-c4cc(C)cc(C)c4O)n5-c4cc(C)c(-c5ccccc5)cc4-c4ccc(C(C)(C)C)cc4)cc(C(C)(C)C)c3)c2)cc1)(C([2H])([2H])[2H])C([2H])([2H])[2H]. The minimum atomic E-state index is -3.37. The molecule has 0 radical (unpaired) electrons. The molecule has 9 rings (SSSR count). The second-order valence-corrected chi connectivity index (χ2v) is 20.1. The maximum Gasteiger partial charge on any atom is 0.149 e. The van der Waals surface area contributed by atoms with Gasteiger partial charge in [-0.3, -0.25) is 9.55 Å². The van der Waals surface area contributed by atoms with Crippen molar-refractivity contribution in [2.75, 3.05) is 0 Å². The van der Waals surface area contributed by atoms with Crippen molar-refractivity contribution in [1.82, 2.24) is 14.5 Å². The van der Waals surface area contributed by atoms with Gasteiger partial charge in [-0.1, -0.05) is 165 Å². The highest BCUT2D eigenvalue weighted by molar-refractivity contribution is 5.98. The number of para-hydroxylation sites is 1. The second-order valence-electron chi connectivity index (χ2n) is 20.1. The molecule has 9 aromatic rings. The molecule has 0 aliphatic carbocycles. The van der Waals surface area contributed by atoms with E-state index in [1.807, 2.05) is 38.1 Å². The van der Waals surface area contributed by atoms with Gasteiger partial charge in [-0.25, -0.2) is 4.98 Å². The molecule has 0 saturated carbocycles. The normalized spacial score (nSPS) is 14.8. The van der Waals surface area contributed by atoms with Crippen molar-refractivity contribution in [3.8, 4) is 78.6 Å². The summed E-state index contributed by atoms with van der Waals surface area (Å²) in [6.07, 6.45) is 1.68. The second kappa shape index (κ2) is 17.0. The Kier molecular flexibility index (Phi) is 8.93. The van der Waals surface area contributed by atoms with Gasteiger partial charge in [0.1, 0.15) is 11.6 Å². The predicted molar refractivity (Wildman–Crippen MR) is 283 cm³/mol. The summed E-state index contributed by atoms with van der Waals surface area (Å²) in [5.41, 5.74) is 13.2. The van der Waals surface area contributed by atoms with Gasteiger partial charge in [0.2, 0.25) is 0 Å². The lowest BCUT2D eigenvalue weighted by molar-refractivity contribution is 0.472. The number of fused-ring (bicyclic) bond motifs is 1. The molecule has 0 aliphatic heterocycles. The molecule has 2 heterocycles. The van der Waals surface area contributed by atoms with Crippen molar-refractivity contribution in [1.29, 1.82) is 0 Å². The minimum Gasteiger partial charge on any atom is -0.507 e. The van der Waals surface area contributed by atoms with Crippen molar-refractivity contribution in [2.24, 2.45) is 0 Å². The van der Waals surface area contributed by atoms with Crippen LogP contribution in [0.2, 0.25) is 0 Å². The Labute approximate surface area is 410 Å². The lowest BCUT2D eigenvalue weighted by Crippen LogP contribution is -2.11. The molecule has 0 fully saturated rings. The highest BCUT2D eigenvalue weighted by Crippen LogP contribution is 2.44. The van der Waals surface area contributed by atoms with Gasteiger partial charge in [0, 0.05) is 35.2 Å². The summed E-state index contributed by atoms with van der Waals surface area (Å²) < 4.78 is 76.2. The number of phenols is 1. The number of aryl methyl sites for hydroxylation is 3. The predicted octanol–water partition coefficient (Wildman–Crippen LogP) is 16.9. The summed E-state index contributed by atoms with van der Waals surface area (Å²) in [5, 5.41) is 12.0. The molecule has 4 heteroatoms. The van der Waals surface area contributed by atoms with Crippen LogP contribution in [-0.4, -0.2) is 19.6 Å². The van der Waals surface area contributed by atoms with E-state index in [0.717, 1.165) is 77.9 Å². The van der Waals surface area contributed by atoms with E-state index in [-0.39, 0.29) is 22.1 Å². The van der Waals surface area contributed by atoms with Gasteiger partial charge in [0.05, 0.1) is 28.0 Å². The third-order valence-electron chi connectivity index (χ3n) is 12.9. The van der Waals surface area contributed by atoms with E-state index in [1.54, 1.807) is 24.4 Å². The van der Waals surface area contributed by atoms with Gasteiger partial charge in [0.15, 0.2) is 0 Å². The van der Waals surface area contributed by atoms with Crippen LogP contribution in [-0.2, 0) is 16.2 Å². The Morgan fingerprint density at radius 2 is 1.12 bits per heavy atom. The van der Waals surface area contributed by atoms with Crippen LogP contribution in [0.4, 0.5) is 0 Å². The minimum absolute atomic E-state index is 0.0445. The van der Waals surface area contributed by atoms with E-state index in [0.29, 0.717) is 28.2 Å². The summed E-state index contributed by atoms with van der Waals surface area (Å²) in [6.45, 7) is 9.09. The summed E-state index contributed by atoms with van der Waals surface area (Å²) in [6, 6.07) is 49.8. The molecule has 1 N–H and O–H groups in total. The Hall–Kier alpha value is -7.04. The van der Waals surface area contributed by atoms with Crippen LogP contribution in [0.25, 0.3) is 83.9 Å². The Morgan fingerprint density at radius 1 is 0.478 bits per heavy atom. The average Bonchev–Trinajstić information content (AvgIpc) is 3.77. The molecular weight excluding hydrogens is 815 g/mol. The largest absolute Gasteiger partial charge is 0.507 e. The van der Waals surface area contributed by atoms with Gasteiger partial charge < -0.3 is 5.11 Å². The molecule has 0 bridgehead atoms. The first-order valence-corrected chi connectivity index (χ1v) is 22.9. The van der Waals surface area contributed by atoms with Crippen molar-refractivity contribution >= 4 is 11.0 Å². The zero-order chi connectivity index (χ0) is 55.1. The summed E-state index contributed by atoms with van der Waals surface area (Å²) in [7, 11) is 0. The highest BCUT2D eigenvalue weighted by atomic mass is 16.3. The molecule has 0 amide bonds. The molecule has 0 spiro atoms. The molecule has 67 heavy (non-hydrogen) atoms. The van der Waals surface area contributed by atoms with Crippen LogP contribution in [0.5, 0.6) is 5.75 Å². The zero-order valence-corrected chi connectivity index (χ0v) is 39.8. The van der Waals surface area contributed by atoms with Crippen molar-refractivity contribution < 1.29 is 17.4 Å². The number of pyridine rings is 1. The van der Waals surface area contributed by atoms with Gasteiger partial charge in [-0.05, 0) is 152 Å². The fraction of sp³-hybridized carbons (Fsp3) is 0.238. The van der Waals surface area contributed by atoms with Crippen molar-refractivity contribution in [3.63, 3.8) is 0 Å². The molecule has 2 aromatic heterocycles. The summed E-state index contributed by atoms with van der Waals surface area (Å²) in [5.74, 6) is 0.744. The maximum absolute atomic E-state index is 12.0. The number of rotatable bonds is 7. The number of aromatic hydroxyl groups is 1. The highest BCUT2D eigenvalue weighted by Gasteiger charge is 2.26. The lowest BCUT2D eigenvalue weighted by Gasteiger charge is -2.22. The molecule has 0 saturated heterocycles. The van der Waals surface area contributed by atoms with Crippen molar-refractivity contribution in [2.45, 2.75) is 99.1 Å². The zero-order valence-electron chi connectivity index (χ0n) is 48.8. The molecular formula is C63H63N3O. The monoisotopic (exact) mass is 887 g/mol. The van der Waals surface area contributed by atoms with Crippen LogP contribution >= 0.6 is 0 Å². The summed E-state index contributed by atoms with van der Waals surface area (Å²) >= 11 is 0. The number of benzene rings is 7. The first-order chi connectivity index (χ1) is 35.5. The first-order valence-electron chi connectivity index (χ1n) is 27.4. The van der Waals surface area contributed by atoms with Crippen LogP contribution in [0.1, 0.15) is 108 Å². The molecule has 4 nitrogen and oxygen atoms in total. The molecule has 0 unspecified atom stereocenters. The third kappa shape index (κ3) is 8.86. The van der Waals surface area contributed by atoms with Crippen LogP contribution < -0.4 is 0 Å². The van der Waals surface area contributed by atoms with Gasteiger partial charge >= 0.3 is 0 Å². The van der Waals surface area contributed by atoms with E-state index in [4.69, 9.17) is 22.3 Å². The van der Waals surface area contributed by atoms with Gasteiger partial charge in [-0.15, -0.1) is 0 Å². The number of hydrogen-bond acceptors (Lipinski definition) is 3. The van der Waals surface area contributed by atoms with Crippen LogP contribution in [0.3, 0.4) is 0 Å². The van der Waals surface area contributed by atoms with E-state index in [9.17, 15) is 5.11 Å². The number of imidazole rings is 1. The smallest absolute Gasteiger partial charge is 0.149 e. The van der Waals surface area contributed by atoms with Crippen LogP contribution in [0, 0.1) is 20.8 Å². The molecule has 0 atom stereocenters. The van der Waals surface area contributed by atoms with E-state index in [1.165, 1.54) is 17.7 Å². The fourth-order valence-electron chi connectivity index (χ4n) is 9.12. The number of nitrogens with zero attached hydrogens (tertiary/aromatic N) is 3. The van der Waals surface area contributed by atoms with Gasteiger partial charge in [-0.2, -0.15) is 0 Å². The molecule has 7 aromatic carbocycles. The Balaban J connectivity index is 1.26. The van der Waals surface area contributed by atoms with Crippen LogP contribution in [0.15, 0.2) is 158 Å². The maximum atomic E-state index is 12.0. The number of phenolic OH excluding ortho intramolecular Hbond substituents is 1. The quantitative estimate of drug-likeness (QED) is 0.173. The van der Waals surface area contributed by atoms with E-state index in [2.05, 4.69) is 150 Å². The van der Waals surface area contributed by atoms with E-state index < -0.39 is 26.0 Å². The molecule has 0 aliphatic rings. The topological polar surface area (TPSA) is 50.9 Å². The first kappa shape index (κ1) is 35.2. The number of hydrogen-bond donors (Lipinski definition) is 1. The van der Waals surface area contributed by atoms with E-state index >= 15 is 0 Å². The fourth-order valence-corrected chi connectivity index (χ4v) is 9.12. The number of aromatic nitrogens is 3. The lowest BCUT2D eigenvalue weighted by atomic mass is 9.83. The van der Waals surface area contributed by atoms with Crippen molar-refractivity contribution in [3.05, 3.63) is 191 Å². The Morgan fingerprint density at radius 3 is 1.79 bits per heavy atom. The Bertz CT molecular complexity index is 3610. The van der Waals surface area contributed by atoms with Gasteiger partial charge in [0.25, 0.3) is 0 Å².